The molecule has 108 valence electrons. The molecule has 5 heteroatoms. The van der Waals surface area contributed by atoms with E-state index >= 15 is 0 Å². The molecular weight excluding hydrogens is 264 g/mol. The Balaban J connectivity index is 3.52. The van der Waals surface area contributed by atoms with Crippen LogP contribution < -0.4 is 18.9 Å². The first-order valence-electron chi connectivity index (χ1n) is 6.12. The molecule has 1 rings (SSSR count). The predicted octanol–water partition coefficient (Wildman–Crippen LogP) is 2.89. The van der Waals surface area contributed by atoms with E-state index in [1.165, 1.54) is 0 Å². The van der Waals surface area contributed by atoms with Gasteiger partial charge in [-0.1, -0.05) is 0 Å². The Labute approximate surface area is 120 Å². The van der Waals surface area contributed by atoms with Crippen LogP contribution in [-0.2, 0) is 6.42 Å². The summed E-state index contributed by atoms with van der Waals surface area (Å²) >= 11 is 4.26. The van der Waals surface area contributed by atoms with Crippen LogP contribution >= 0.6 is 12.6 Å². The maximum Gasteiger partial charge on any atom is 0.207 e. The molecule has 0 amide bonds. The highest BCUT2D eigenvalue weighted by atomic mass is 32.1. The second-order valence-corrected chi connectivity index (χ2v) is 4.51. The van der Waals surface area contributed by atoms with E-state index in [2.05, 4.69) is 12.6 Å². The van der Waals surface area contributed by atoms with Crippen molar-refractivity contribution in [2.45, 2.75) is 19.8 Å². The summed E-state index contributed by atoms with van der Waals surface area (Å²) in [6.07, 6.45) is 1.81. The van der Waals surface area contributed by atoms with Crippen LogP contribution in [-0.4, -0.2) is 34.2 Å². The van der Waals surface area contributed by atoms with Gasteiger partial charge < -0.3 is 18.9 Å². The third-order valence-corrected chi connectivity index (χ3v) is 3.40. The van der Waals surface area contributed by atoms with Crippen molar-refractivity contribution in [3.05, 3.63) is 11.1 Å². The normalized spacial score (nSPS) is 10.2. The van der Waals surface area contributed by atoms with Crippen LogP contribution in [0.15, 0.2) is 0 Å². The highest BCUT2D eigenvalue weighted by Gasteiger charge is 2.24. The number of rotatable bonds is 7. The first-order chi connectivity index (χ1) is 9.15. The van der Waals surface area contributed by atoms with Crippen molar-refractivity contribution in [2.75, 3.05) is 34.2 Å². The van der Waals surface area contributed by atoms with Crippen LogP contribution in [0.3, 0.4) is 0 Å². The fourth-order valence-electron chi connectivity index (χ4n) is 2.21. The number of thiol groups is 1. The molecule has 0 aromatic heterocycles. The second kappa shape index (κ2) is 7.38. The average molecular weight is 286 g/mol. The van der Waals surface area contributed by atoms with Crippen molar-refractivity contribution < 1.29 is 18.9 Å². The molecule has 0 fully saturated rings. The lowest BCUT2D eigenvalue weighted by atomic mass is 10.00. The molecule has 0 bridgehead atoms. The molecule has 0 saturated heterocycles. The van der Waals surface area contributed by atoms with Crippen LogP contribution in [0, 0.1) is 6.92 Å². The van der Waals surface area contributed by atoms with Gasteiger partial charge in [-0.15, -0.1) is 0 Å². The minimum atomic E-state index is 0.564. The van der Waals surface area contributed by atoms with Gasteiger partial charge in [-0.2, -0.15) is 12.6 Å². The minimum Gasteiger partial charge on any atom is -0.492 e. The zero-order valence-corrected chi connectivity index (χ0v) is 13.1. The summed E-state index contributed by atoms with van der Waals surface area (Å²) in [4.78, 5) is 0. The summed E-state index contributed by atoms with van der Waals surface area (Å²) in [5.41, 5.74) is 2.09. The Morgan fingerprint density at radius 3 is 1.68 bits per heavy atom. The maximum absolute atomic E-state index is 5.50. The van der Waals surface area contributed by atoms with Gasteiger partial charge in [-0.05, 0) is 25.5 Å². The molecular formula is C14H22O4S. The summed E-state index contributed by atoms with van der Waals surface area (Å²) in [5.74, 6) is 3.35. The van der Waals surface area contributed by atoms with Gasteiger partial charge in [-0.3, -0.25) is 0 Å². The molecule has 0 aliphatic rings. The van der Waals surface area contributed by atoms with E-state index in [9.17, 15) is 0 Å². The maximum atomic E-state index is 5.50. The lowest BCUT2D eigenvalue weighted by molar-refractivity contribution is 0.302. The van der Waals surface area contributed by atoms with E-state index in [0.717, 1.165) is 29.7 Å². The van der Waals surface area contributed by atoms with Crippen LogP contribution in [0.2, 0.25) is 0 Å². The van der Waals surface area contributed by atoms with Gasteiger partial charge in [0.1, 0.15) is 0 Å². The molecule has 0 unspecified atom stereocenters. The fraction of sp³-hybridized carbons (Fsp3) is 0.571. The fourth-order valence-corrected chi connectivity index (χ4v) is 2.37. The third-order valence-electron chi connectivity index (χ3n) is 3.09. The molecule has 19 heavy (non-hydrogen) atoms. The zero-order chi connectivity index (χ0) is 14.4. The first kappa shape index (κ1) is 15.8. The van der Waals surface area contributed by atoms with Gasteiger partial charge in [0, 0.05) is 11.1 Å². The molecule has 0 radical (unpaired) electrons. The van der Waals surface area contributed by atoms with E-state index in [1.54, 1.807) is 28.4 Å². The van der Waals surface area contributed by atoms with E-state index < -0.39 is 0 Å². The van der Waals surface area contributed by atoms with Crippen molar-refractivity contribution >= 4 is 12.6 Å². The number of methoxy groups -OCH3 is 4. The Morgan fingerprint density at radius 1 is 0.789 bits per heavy atom. The van der Waals surface area contributed by atoms with Crippen molar-refractivity contribution in [2.24, 2.45) is 0 Å². The van der Waals surface area contributed by atoms with Crippen molar-refractivity contribution in [3.8, 4) is 23.0 Å². The van der Waals surface area contributed by atoms with Gasteiger partial charge >= 0.3 is 0 Å². The highest BCUT2D eigenvalue weighted by molar-refractivity contribution is 7.80. The SMILES string of the molecule is COc1c(C)c(CCCS)c(OC)c(OC)c1OC. The molecule has 0 spiro atoms. The first-order valence-corrected chi connectivity index (χ1v) is 6.75. The molecule has 1 aromatic carbocycles. The molecule has 4 nitrogen and oxygen atoms in total. The van der Waals surface area contributed by atoms with Crippen LogP contribution in [0.4, 0.5) is 0 Å². The molecule has 1 aromatic rings. The zero-order valence-electron chi connectivity index (χ0n) is 12.2. The van der Waals surface area contributed by atoms with Crippen molar-refractivity contribution in [1.82, 2.24) is 0 Å². The van der Waals surface area contributed by atoms with Crippen LogP contribution in [0.5, 0.6) is 23.0 Å². The molecule has 0 aliphatic heterocycles. The second-order valence-electron chi connectivity index (χ2n) is 4.06. The molecule has 0 atom stereocenters. The summed E-state index contributed by atoms with van der Waals surface area (Å²) in [7, 11) is 6.44. The lowest BCUT2D eigenvalue weighted by Gasteiger charge is -2.21. The monoisotopic (exact) mass is 286 g/mol. The van der Waals surface area contributed by atoms with Crippen LogP contribution in [0.1, 0.15) is 17.5 Å². The highest BCUT2D eigenvalue weighted by Crippen LogP contribution is 2.49. The molecule has 0 saturated carbocycles. The van der Waals surface area contributed by atoms with Gasteiger partial charge in [0.25, 0.3) is 0 Å². The number of hydrogen-bond donors (Lipinski definition) is 1. The quantitative estimate of drug-likeness (QED) is 0.782. The Hall–Kier alpha value is -1.23. The van der Waals surface area contributed by atoms with E-state index in [1.807, 2.05) is 6.92 Å². The van der Waals surface area contributed by atoms with E-state index in [4.69, 9.17) is 18.9 Å². The number of hydrogen-bond acceptors (Lipinski definition) is 5. The van der Waals surface area contributed by atoms with Crippen molar-refractivity contribution in [3.63, 3.8) is 0 Å². The minimum absolute atomic E-state index is 0.564. The topological polar surface area (TPSA) is 36.9 Å². The Bertz CT molecular complexity index is 432. The largest absolute Gasteiger partial charge is 0.492 e. The summed E-state index contributed by atoms with van der Waals surface area (Å²) in [6.45, 7) is 2.00. The molecule has 0 aliphatic carbocycles. The van der Waals surface area contributed by atoms with Crippen molar-refractivity contribution in [1.29, 1.82) is 0 Å². The van der Waals surface area contributed by atoms with E-state index in [-0.39, 0.29) is 0 Å². The summed E-state index contributed by atoms with van der Waals surface area (Å²) in [6, 6.07) is 0. The summed E-state index contributed by atoms with van der Waals surface area (Å²) < 4.78 is 21.8. The predicted molar refractivity (Wildman–Crippen MR) is 79.6 cm³/mol. The third kappa shape index (κ3) is 3.03. The smallest absolute Gasteiger partial charge is 0.207 e. The molecule has 0 heterocycles. The average Bonchev–Trinajstić information content (AvgIpc) is 2.44. The van der Waals surface area contributed by atoms with Gasteiger partial charge in [-0.25, -0.2) is 0 Å². The van der Waals surface area contributed by atoms with Crippen LogP contribution in [0.25, 0.3) is 0 Å². The standard InChI is InChI=1S/C14H22O4S/c1-9-10(7-6-8-19)12(16-3)14(18-5)13(17-4)11(9)15-2/h19H,6-8H2,1-5H3. The Kier molecular flexibility index (Phi) is 6.15. The molecule has 0 N–H and O–H groups in total. The summed E-state index contributed by atoms with van der Waals surface area (Å²) in [5, 5.41) is 0. The number of ether oxygens (including phenoxy) is 4. The number of benzene rings is 1. The Morgan fingerprint density at radius 2 is 1.26 bits per heavy atom. The van der Waals surface area contributed by atoms with E-state index in [0.29, 0.717) is 23.0 Å². The van der Waals surface area contributed by atoms with Gasteiger partial charge in [0.2, 0.25) is 11.5 Å². The lowest BCUT2D eigenvalue weighted by Crippen LogP contribution is -2.05. The van der Waals surface area contributed by atoms with Gasteiger partial charge in [0.05, 0.1) is 28.4 Å². The van der Waals surface area contributed by atoms with Gasteiger partial charge in [0.15, 0.2) is 11.5 Å².